The van der Waals surface area contributed by atoms with Gasteiger partial charge in [-0.1, -0.05) is 30.3 Å². The number of hydrogen-bond donors (Lipinski definition) is 1. The van der Waals surface area contributed by atoms with E-state index in [2.05, 4.69) is 5.32 Å². The van der Waals surface area contributed by atoms with Crippen LogP contribution in [-0.4, -0.2) is 25.8 Å². The molecule has 1 aromatic rings. The van der Waals surface area contributed by atoms with Crippen molar-refractivity contribution in [3.8, 4) is 0 Å². The summed E-state index contributed by atoms with van der Waals surface area (Å²) in [4.78, 5) is 0. The maximum Gasteiger partial charge on any atom is 0.296 e. The lowest BCUT2D eigenvalue weighted by molar-refractivity contribution is -0.0853. The van der Waals surface area contributed by atoms with E-state index in [0.29, 0.717) is 6.61 Å². The van der Waals surface area contributed by atoms with Crippen LogP contribution in [0.5, 0.6) is 0 Å². The van der Waals surface area contributed by atoms with E-state index in [4.69, 9.17) is 4.74 Å². The Kier molecular flexibility index (Phi) is 4.07. The van der Waals surface area contributed by atoms with Gasteiger partial charge < -0.3 is 10.1 Å². The first-order chi connectivity index (χ1) is 8.18. The van der Waals surface area contributed by atoms with Gasteiger partial charge in [-0.05, 0) is 19.4 Å². The number of alkyl halides is 2. The van der Waals surface area contributed by atoms with Gasteiger partial charge in [-0.2, -0.15) is 8.78 Å². The first kappa shape index (κ1) is 12.5. The smallest absolute Gasteiger partial charge is 0.296 e. The molecule has 1 atom stereocenters. The molecule has 0 spiro atoms. The Bertz CT molecular complexity index is 337. The Hall–Kier alpha value is -1.00. The maximum atomic E-state index is 13.7. The van der Waals surface area contributed by atoms with Gasteiger partial charge in [-0.25, -0.2) is 0 Å². The molecule has 0 aromatic heterocycles. The van der Waals surface area contributed by atoms with Crippen molar-refractivity contribution in [2.75, 3.05) is 19.8 Å². The van der Waals surface area contributed by atoms with E-state index >= 15 is 0 Å². The molecule has 1 aliphatic rings. The van der Waals surface area contributed by atoms with Gasteiger partial charge in [0.15, 0.2) is 0 Å². The molecule has 17 heavy (non-hydrogen) atoms. The van der Waals surface area contributed by atoms with E-state index in [1.165, 1.54) is 12.1 Å². The minimum Gasteiger partial charge on any atom is -0.373 e. The van der Waals surface area contributed by atoms with Crippen LogP contribution in [0, 0.1) is 0 Å². The van der Waals surface area contributed by atoms with Gasteiger partial charge in [-0.3, -0.25) is 0 Å². The number of halogens is 2. The van der Waals surface area contributed by atoms with Gasteiger partial charge in [-0.15, -0.1) is 0 Å². The molecular weight excluding hydrogens is 224 g/mol. The predicted octanol–water partition coefficient (Wildman–Crippen LogP) is 2.55. The molecule has 0 radical (unpaired) electrons. The molecule has 2 rings (SSSR count). The SMILES string of the molecule is FC(F)(COCC1CCCN1)c1ccccc1. The quantitative estimate of drug-likeness (QED) is 0.855. The van der Waals surface area contributed by atoms with Crippen molar-refractivity contribution in [3.05, 3.63) is 35.9 Å². The predicted molar refractivity (Wildman–Crippen MR) is 62.2 cm³/mol. The van der Waals surface area contributed by atoms with Crippen molar-refractivity contribution in [1.29, 1.82) is 0 Å². The zero-order valence-corrected chi connectivity index (χ0v) is 9.66. The molecule has 2 nitrogen and oxygen atoms in total. The van der Waals surface area contributed by atoms with Crippen molar-refractivity contribution in [2.24, 2.45) is 0 Å². The van der Waals surface area contributed by atoms with E-state index in [9.17, 15) is 8.78 Å². The van der Waals surface area contributed by atoms with Gasteiger partial charge in [0.1, 0.15) is 6.61 Å². The molecule has 1 heterocycles. The lowest BCUT2D eigenvalue weighted by Gasteiger charge is -2.18. The second kappa shape index (κ2) is 5.56. The Balaban J connectivity index is 1.80. The summed E-state index contributed by atoms with van der Waals surface area (Å²) < 4.78 is 32.5. The van der Waals surface area contributed by atoms with E-state index in [0.717, 1.165) is 19.4 Å². The Morgan fingerprint density at radius 3 is 2.71 bits per heavy atom. The fourth-order valence-corrected chi connectivity index (χ4v) is 1.99. The maximum absolute atomic E-state index is 13.7. The van der Waals surface area contributed by atoms with Gasteiger partial charge in [0.2, 0.25) is 0 Å². The molecule has 1 N–H and O–H groups in total. The van der Waals surface area contributed by atoms with Crippen molar-refractivity contribution in [1.82, 2.24) is 5.32 Å². The molecule has 0 aliphatic carbocycles. The molecule has 0 saturated carbocycles. The zero-order chi connectivity index (χ0) is 12.1. The number of rotatable bonds is 5. The molecule has 0 bridgehead atoms. The highest BCUT2D eigenvalue weighted by Crippen LogP contribution is 2.27. The first-order valence-corrected chi connectivity index (χ1v) is 5.93. The second-order valence-corrected chi connectivity index (χ2v) is 4.38. The second-order valence-electron chi connectivity index (χ2n) is 4.38. The molecule has 1 aliphatic heterocycles. The van der Waals surface area contributed by atoms with Crippen LogP contribution in [0.15, 0.2) is 30.3 Å². The van der Waals surface area contributed by atoms with Crippen molar-refractivity contribution in [2.45, 2.75) is 24.8 Å². The number of ether oxygens (including phenoxy) is 1. The van der Waals surface area contributed by atoms with Gasteiger partial charge in [0.25, 0.3) is 5.92 Å². The summed E-state index contributed by atoms with van der Waals surface area (Å²) in [5, 5.41) is 3.21. The summed E-state index contributed by atoms with van der Waals surface area (Å²) in [7, 11) is 0. The topological polar surface area (TPSA) is 21.3 Å². The molecule has 1 fully saturated rings. The van der Waals surface area contributed by atoms with E-state index in [-0.39, 0.29) is 11.6 Å². The van der Waals surface area contributed by atoms with Gasteiger partial charge in [0.05, 0.1) is 6.61 Å². The summed E-state index contributed by atoms with van der Waals surface area (Å²) >= 11 is 0. The third-order valence-electron chi connectivity index (χ3n) is 2.96. The summed E-state index contributed by atoms with van der Waals surface area (Å²) in [5.74, 6) is -2.90. The first-order valence-electron chi connectivity index (χ1n) is 5.93. The van der Waals surface area contributed by atoms with Gasteiger partial charge in [0, 0.05) is 11.6 Å². The van der Waals surface area contributed by atoms with Crippen LogP contribution >= 0.6 is 0 Å². The highest BCUT2D eigenvalue weighted by atomic mass is 19.3. The number of nitrogens with one attached hydrogen (secondary N) is 1. The Morgan fingerprint density at radius 2 is 2.06 bits per heavy atom. The lowest BCUT2D eigenvalue weighted by Crippen LogP contribution is -2.30. The van der Waals surface area contributed by atoms with E-state index in [1.807, 2.05) is 0 Å². The summed E-state index contributed by atoms with van der Waals surface area (Å²) in [6.45, 7) is 0.778. The Labute approximate surface area is 100.0 Å². The fourth-order valence-electron chi connectivity index (χ4n) is 1.99. The standard InChI is InChI=1S/C13H17F2NO/c14-13(15,11-5-2-1-3-6-11)10-17-9-12-7-4-8-16-12/h1-3,5-6,12,16H,4,7-10H2. The largest absolute Gasteiger partial charge is 0.373 e. The van der Waals surface area contributed by atoms with Crippen LogP contribution < -0.4 is 5.32 Å². The minimum atomic E-state index is -2.90. The molecule has 0 amide bonds. The van der Waals surface area contributed by atoms with E-state index < -0.39 is 12.5 Å². The van der Waals surface area contributed by atoms with Crippen LogP contribution in [0.2, 0.25) is 0 Å². The lowest BCUT2D eigenvalue weighted by atomic mass is 10.1. The average Bonchev–Trinajstić information content (AvgIpc) is 2.83. The van der Waals surface area contributed by atoms with Crippen LogP contribution in [-0.2, 0) is 10.7 Å². The number of hydrogen-bond acceptors (Lipinski definition) is 2. The summed E-state index contributed by atoms with van der Waals surface area (Å²) in [6, 6.07) is 8.04. The van der Waals surface area contributed by atoms with Crippen LogP contribution in [0.1, 0.15) is 18.4 Å². The fraction of sp³-hybridized carbons (Fsp3) is 0.538. The number of benzene rings is 1. The minimum absolute atomic E-state index is 0.0133. The normalized spacial score (nSPS) is 20.7. The summed E-state index contributed by atoms with van der Waals surface area (Å²) in [5.41, 5.74) is 0.0133. The molecular formula is C13H17F2NO. The van der Waals surface area contributed by atoms with Crippen molar-refractivity contribution >= 4 is 0 Å². The highest BCUT2D eigenvalue weighted by molar-refractivity contribution is 5.19. The third kappa shape index (κ3) is 3.48. The van der Waals surface area contributed by atoms with Crippen molar-refractivity contribution < 1.29 is 13.5 Å². The highest BCUT2D eigenvalue weighted by Gasteiger charge is 2.32. The molecule has 4 heteroatoms. The molecule has 1 unspecified atom stereocenters. The third-order valence-corrected chi connectivity index (χ3v) is 2.96. The zero-order valence-electron chi connectivity index (χ0n) is 9.66. The van der Waals surface area contributed by atoms with Crippen LogP contribution in [0.3, 0.4) is 0 Å². The van der Waals surface area contributed by atoms with Crippen LogP contribution in [0.25, 0.3) is 0 Å². The molecule has 1 saturated heterocycles. The van der Waals surface area contributed by atoms with Crippen LogP contribution in [0.4, 0.5) is 8.78 Å². The van der Waals surface area contributed by atoms with E-state index in [1.54, 1.807) is 18.2 Å². The van der Waals surface area contributed by atoms with Crippen molar-refractivity contribution in [3.63, 3.8) is 0 Å². The average molecular weight is 241 g/mol. The summed E-state index contributed by atoms with van der Waals surface area (Å²) in [6.07, 6.45) is 2.11. The monoisotopic (exact) mass is 241 g/mol. The Morgan fingerprint density at radius 1 is 1.29 bits per heavy atom. The molecule has 1 aromatic carbocycles. The molecule has 94 valence electrons. The van der Waals surface area contributed by atoms with Gasteiger partial charge >= 0.3 is 0 Å².